The highest BCUT2D eigenvalue weighted by atomic mass is 15.2. The van der Waals surface area contributed by atoms with Crippen molar-refractivity contribution in [3.8, 4) is 0 Å². The first-order valence-corrected chi connectivity index (χ1v) is 4.95. The summed E-state index contributed by atoms with van der Waals surface area (Å²) >= 11 is 0. The lowest BCUT2D eigenvalue weighted by Gasteiger charge is -2.37. The Labute approximate surface area is 75.1 Å². The maximum Gasteiger partial charge on any atom is 0.0218 e. The van der Waals surface area contributed by atoms with Gasteiger partial charge in [0.05, 0.1) is 0 Å². The molecule has 1 rings (SSSR count). The second kappa shape index (κ2) is 4.80. The Balaban J connectivity index is 2.30. The minimum atomic E-state index is 0.372. The van der Waals surface area contributed by atoms with Gasteiger partial charge in [0.25, 0.3) is 0 Å². The van der Waals surface area contributed by atoms with E-state index in [1.54, 1.807) is 0 Å². The van der Waals surface area contributed by atoms with Gasteiger partial charge in [-0.15, -0.1) is 0 Å². The zero-order chi connectivity index (χ0) is 8.97. The van der Waals surface area contributed by atoms with Gasteiger partial charge in [0.15, 0.2) is 0 Å². The van der Waals surface area contributed by atoms with Crippen LogP contribution in [0.2, 0.25) is 0 Å². The normalized spacial score (nSPS) is 32.2. The van der Waals surface area contributed by atoms with Crippen molar-refractivity contribution >= 4 is 0 Å². The lowest BCUT2D eigenvalue weighted by atomic mass is 9.98. The van der Waals surface area contributed by atoms with Gasteiger partial charge in [0, 0.05) is 12.1 Å². The van der Waals surface area contributed by atoms with Crippen LogP contribution in [-0.4, -0.2) is 36.6 Å². The molecule has 0 aromatic rings. The van der Waals surface area contributed by atoms with Gasteiger partial charge in [0.2, 0.25) is 0 Å². The molecule has 0 spiro atoms. The molecule has 1 aliphatic heterocycles. The fourth-order valence-electron chi connectivity index (χ4n) is 1.86. The van der Waals surface area contributed by atoms with Gasteiger partial charge in [-0.25, -0.2) is 0 Å². The summed E-state index contributed by atoms with van der Waals surface area (Å²) in [5.41, 5.74) is 11.4. The first kappa shape index (κ1) is 9.96. The van der Waals surface area contributed by atoms with Crippen LogP contribution in [0.5, 0.6) is 0 Å². The summed E-state index contributed by atoms with van der Waals surface area (Å²) in [6.45, 7) is 5.33. The molecule has 0 aliphatic carbocycles. The van der Waals surface area contributed by atoms with Crippen molar-refractivity contribution in [3.05, 3.63) is 0 Å². The average Bonchev–Trinajstić information content (AvgIpc) is 2.08. The van der Waals surface area contributed by atoms with Crippen LogP contribution < -0.4 is 11.5 Å². The van der Waals surface area contributed by atoms with E-state index >= 15 is 0 Å². The Bertz CT molecular complexity index is 127. The van der Waals surface area contributed by atoms with Crippen LogP contribution in [0.25, 0.3) is 0 Å². The third-order valence-corrected chi connectivity index (χ3v) is 2.83. The van der Waals surface area contributed by atoms with Gasteiger partial charge < -0.3 is 11.5 Å². The molecule has 1 fully saturated rings. The van der Waals surface area contributed by atoms with Gasteiger partial charge in [0.1, 0.15) is 0 Å². The smallest absolute Gasteiger partial charge is 0.0218 e. The molecule has 2 atom stereocenters. The standard InChI is InChI=1S/C9H21N3/c1-8-9(11)4-2-6-12(8)7-3-5-10/h8-9H,2-7,10-11H2,1H3. The second-order valence-corrected chi connectivity index (χ2v) is 3.72. The lowest BCUT2D eigenvalue weighted by molar-refractivity contribution is 0.140. The monoisotopic (exact) mass is 171 g/mol. The summed E-state index contributed by atoms with van der Waals surface area (Å²) in [5.74, 6) is 0. The number of rotatable bonds is 3. The first-order chi connectivity index (χ1) is 5.75. The van der Waals surface area contributed by atoms with Crippen molar-refractivity contribution in [2.24, 2.45) is 11.5 Å². The summed E-state index contributed by atoms with van der Waals surface area (Å²) in [4.78, 5) is 2.46. The van der Waals surface area contributed by atoms with Gasteiger partial charge in [-0.3, -0.25) is 4.90 Å². The molecule has 2 unspecified atom stereocenters. The molecule has 4 N–H and O–H groups in total. The molecule has 0 aromatic heterocycles. The molecule has 0 bridgehead atoms. The van der Waals surface area contributed by atoms with Crippen molar-refractivity contribution in [1.29, 1.82) is 0 Å². The maximum absolute atomic E-state index is 5.97. The van der Waals surface area contributed by atoms with E-state index in [9.17, 15) is 0 Å². The summed E-state index contributed by atoms with van der Waals surface area (Å²) in [5, 5.41) is 0. The van der Waals surface area contributed by atoms with E-state index in [1.165, 1.54) is 19.4 Å². The Kier molecular flexibility index (Phi) is 3.98. The Morgan fingerprint density at radius 2 is 2.25 bits per heavy atom. The Morgan fingerprint density at radius 3 is 2.92 bits per heavy atom. The fraction of sp³-hybridized carbons (Fsp3) is 1.00. The number of likely N-dealkylation sites (tertiary alicyclic amines) is 1. The molecule has 0 amide bonds. The Hall–Kier alpha value is -0.120. The molecule has 0 saturated carbocycles. The van der Waals surface area contributed by atoms with E-state index in [2.05, 4.69) is 11.8 Å². The lowest BCUT2D eigenvalue weighted by Crippen LogP contribution is -2.50. The molecule has 1 heterocycles. The number of piperidine rings is 1. The zero-order valence-corrected chi connectivity index (χ0v) is 8.00. The van der Waals surface area contributed by atoms with E-state index in [-0.39, 0.29) is 0 Å². The quantitative estimate of drug-likeness (QED) is 0.635. The molecular formula is C9H21N3. The van der Waals surface area contributed by atoms with Crippen LogP contribution >= 0.6 is 0 Å². The highest BCUT2D eigenvalue weighted by molar-refractivity contribution is 4.83. The average molecular weight is 171 g/mol. The molecule has 1 saturated heterocycles. The van der Waals surface area contributed by atoms with E-state index in [1.807, 2.05) is 0 Å². The largest absolute Gasteiger partial charge is 0.330 e. The summed E-state index contributed by atoms with van der Waals surface area (Å²) in [6, 6.07) is 0.918. The van der Waals surface area contributed by atoms with Crippen molar-refractivity contribution in [2.75, 3.05) is 19.6 Å². The number of hydrogen-bond donors (Lipinski definition) is 2. The zero-order valence-electron chi connectivity index (χ0n) is 8.00. The minimum absolute atomic E-state index is 0.372. The topological polar surface area (TPSA) is 55.3 Å². The van der Waals surface area contributed by atoms with Crippen LogP contribution in [0.1, 0.15) is 26.2 Å². The van der Waals surface area contributed by atoms with Crippen LogP contribution in [0, 0.1) is 0 Å². The van der Waals surface area contributed by atoms with Crippen molar-refractivity contribution in [2.45, 2.75) is 38.3 Å². The van der Waals surface area contributed by atoms with E-state index in [0.29, 0.717) is 12.1 Å². The third-order valence-electron chi connectivity index (χ3n) is 2.83. The summed E-state index contributed by atoms with van der Waals surface area (Å²) in [6.07, 6.45) is 3.52. The molecule has 72 valence electrons. The summed E-state index contributed by atoms with van der Waals surface area (Å²) in [7, 11) is 0. The van der Waals surface area contributed by atoms with Crippen LogP contribution in [-0.2, 0) is 0 Å². The van der Waals surface area contributed by atoms with Crippen molar-refractivity contribution in [1.82, 2.24) is 4.90 Å². The molecule has 0 radical (unpaired) electrons. The maximum atomic E-state index is 5.97. The van der Waals surface area contributed by atoms with Crippen molar-refractivity contribution in [3.63, 3.8) is 0 Å². The van der Waals surface area contributed by atoms with Gasteiger partial charge in [-0.2, -0.15) is 0 Å². The fourth-order valence-corrected chi connectivity index (χ4v) is 1.86. The van der Waals surface area contributed by atoms with Crippen molar-refractivity contribution < 1.29 is 0 Å². The third kappa shape index (κ3) is 2.44. The highest BCUT2D eigenvalue weighted by Crippen LogP contribution is 2.15. The highest BCUT2D eigenvalue weighted by Gasteiger charge is 2.23. The molecular weight excluding hydrogens is 150 g/mol. The Morgan fingerprint density at radius 1 is 1.50 bits per heavy atom. The van der Waals surface area contributed by atoms with Crippen LogP contribution in [0.3, 0.4) is 0 Å². The van der Waals surface area contributed by atoms with E-state index in [4.69, 9.17) is 11.5 Å². The number of hydrogen-bond acceptors (Lipinski definition) is 3. The number of nitrogens with two attached hydrogens (primary N) is 2. The SMILES string of the molecule is CC1C(N)CCCN1CCCN. The van der Waals surface area contributed by atoms with E-state index in [0.717, 1.165) is 19.5 Å². The van der Waals surface area contributed by atoms with Gasteiger partial charge in [-0.05, 0) is 45.8 Å². The molecule has 3 heteroatoms. The van der Waals surface area contributed by atoms with Crippen LogP contribution in [0.4, 0.5) is 0 Å². The van der Waals surface area contributed by atoms with Gasteiger partial charge in [-0.1, -0.05) is 0 Å². The predicted molar refractivity (Wildman–Crippen MR) is 51.9 cm³/mol. The van der Waals surface area contributed by atoms with E-state index < -0.39 is 0 Å². The molecule has 0 aromatic carbocycles. The number of nitrogens with zero attached hydrogens (tertiary/aromatic N) is 1. The molecule has 1 aliphatic rings. The second-order valence-electron chi connectivity index (χ2n) is 3.72. The predicted octanol–water partition coefficient (Wildman–Crippen LogP) is 0.147. The first-order valence-electron chi connectivity index (χ1n) is 4.95. The molecule has 3 nitrogen and oxygen atoms in total. The van der Waals surface area contributed by atoms with Gasteiger partial charge >= 0.3 is 0 Å². The molecule has 12 heavy (non-hydrogen) atoms. The van der Waals surface area contributed by atoms with Crippen LogP contribution in [0.15, 0.2) is 0 Å². The minimum Gasteiger partial charge on any atom is -0.330 e. The summed E-state index contributed by atoms with van der Waals surface area (Å²) < 4.78 is 0.